The Morgan fingerprint density at radius 1 is 1.27 bits per heavy atom. The zero-order chi connectivity index (χ0) is 12.1. The highest BCUT2D eigenvalue weighted by atomic mass is 16.7. The van der Waals surface area contributed by atoms with Gasteiger partial charge in [0.2, 0.25) is 0 Å². The first kappa shape index (κ1) is 14.8. The quantitative estimate of drug-likeness (QED) is 0.649. The van der Waals surface area contributed by atoms with Crippen LogP contribution in [0.5, 0.6) is 0 Å². The largest absolute Gasteiger partial charge is 0.356 e. The molecule has 0 saturated heterocycles. The first-order valence-corrected chi connectivity index (χ1v) is 5.40. The highest BCUT2D eigenvalue weighted by Gasteiger charge is 2.32. The average Bonchev–Trinajstić information content (AvgIpc) is 2.24. The molecule has 0 bridgehead atoms. The summed E-state index contributed by atoms with van der Waals surface area (Å²) in [5.74, 6) is 0. The molecule has 0 heterocycles. The van der Waals surface area contributed by atoms with Gasteiger partial charge in [0.25, 0.3) is 0 Å². The van der Waals surface area contributed by atoms with E-state index in [1.54, 1.807) is 14.2 Å². The molecule has 0 aromatic carbocycles. The van der Waals surface area contributed by atoms with Crippen LogP contribution in [0.15, 0.2) is 0 Å². The molecule has 0 aromatic rings. The van der Waals surface area contributed by atoms with E-state index < -0.39 is 0 Å². The molecular weight excluding hydrogens is 192 g/mol. The minimum Gasteiger partial charge on any atom is -0.356 e. The maximum atomic E-state index is 5.85. The fourth-order valence-corrected chi connectivity index (χ4v) is 1.62. The summed E-state index contributed by atoms with van der Waals surface area (Å²) >= 11 is 0. The molecule has 4 heteroatoms. The van der Waals surface area contributed by atoms with Crippen LogP contribution in [0.1, 0.15) is 27.2 Å². The molecule has 92 valence electrons. The Bertz CT molecular complexity index is 172. The summed E-state index contributed by atoms with van der Waals surface area (Å²) in [7, 11) is 5.39. The second-order valence-electron chi connectivity index (χ2n) is 4.51. The van der Waals surface area contributed by atoms with Crippen LogP contribution >= 0.6 is 0 Å². The second-order valence-corrected chi connectivity index (χ2v) is 4.51. The first-order chi connectivity index (χ1) is 6.91. The lowest BCUT2D eigenvalue weighted by Gasteiger charge is -2.42. The molecule has 0 fully saturated rings. The number of nitrogens with zero attached hydrogens (tertiary/aromatic N) is 1. The molecule has 0 spiro atoms. The van der Waals surface area contributed by atoms with Crippen molar-refractivity contribution in [2.75, 3.05) is 27.8 Å². The van der Waals surface area contributed by atoms with E-state index in [4.69, 9.17) is 15.2 Å². The monoisotopic (exact) mass is 218 g/mol. The van der Waals surface area contributed by atoms with Crippen molar-refractivity contribution in [2.45, 2.75) is 45.1 Å². The minimum absolute atomic E-state index is 0.0924. The van der Waals surface area contributed by atoms with Gasteiger partial charge in [0.1, 0.15) is 0 Å². The standard InChI is InChI=1S/C11H26N2O2/c1-9(2)13(4)11(3,8-12)7-10(14-5)15-6/h9-10H,7-8,12H2,1-6H3. The molecule has 0 aliphatic carbocycles. The number of hydrogen-bond donors (Lipinski definition) is 1. The van der Waals surface area contributed by atoms with Crippen LogP contribution in [-0.2, 0) is 9.47 Å². The van der Waals surface area contributed by atoms with Gasteiger partial charge in [0, 0.05) is 38.8 Å². The van der Waals surface area contributed by atoms with E-state index in [0.717, 1.165) is 6.42 Å². The van der Waals surface area contributed by atoms with E-state index in [2.05, 4.69) is 32.7 Å². The van der Waals surface area contributed by atoms with Gasteiger partial charge in [-0.05, 0) is 27.8 Å². The van der Waals surface area contributed by atoms with Crippen molar-refractivity contribution in [3.8, 4) is 0 Å². The van der Waals surface area contributed by atoms with Crippen molar-refractivity contribution in [2.24, 2.45) is 5.73 Å². The lowest BCUT2D eigenvalue weighted by molar-refractivity contribution is -0.128. The fraction of sp³-hybridized carbons (Fsp3) is 1.00. The Balaban J connectivity index is 4.54. The summed E-state index contributed by atoms with van der Waals surface area (Å²) in [6, 6.07) is 0.452. The molecule has 0 radical (unpaired) electrons. The third-order valence-electron chi connectivity index (χ3n) is 3.20. The van der Waals surface area contributed by atoms with Crippen molar-refractivity contribution in [1.29, 1.82) is 0 Å². The molecule has 0 amide bonds. The Labute approximate surface area is 93.7 Å². The molecular formula is C11H26N2O2. The number of methoxy groups -OCH3 is 2. The Hall–Kier alpha value is -0.160. The van der Waals surface area contributed by atoms with E-state index in [9.17, 15) is 0 Å². The van der Waals surface area contributed by atoms with Gasteiger partial charge >= 0.3 is 0 Å². The average molecular weight is 218 g/mol. The number of ether oxygens (including phenoxy) is 2. The normalized spacial score (nSPS) is 16.4. The maximum Gasteiger partial charge on any atom is 0.158 e. The predicted molar refractivity (Wildman–Crippen MR) is 62.8 cm³/mol. The topological polar surface area (TPSA) is 47.7 Å². The van der Waals surface area contributed by atoms with Crippen LogP contribution in [0.2, 0.25) is 0 Å². The molecule has 0 saturated carbocycles. The van der Waals surface area contributed by atoms with E-state index in [-0.39, 0.29) is 11.8 Å². The number of hydrogen-bond acceptors (Lipinski definition) is 4. The summed E-state index contributed by atoms with van der Waals surface area (Å²) in [5.41, 5.74) is 5.76. The lowest BCUT2D eigenvalue weighted by Crippen LogP contribution is -2.54. The smallest absolute Gasteiger partial charge is 0.158 e. The van der Waals surface area contributed by atoms with Gasteiger partial charge < -0.3 is 15.2 Å². The second kappa shape index (κ2) is 6.43. The molecule has 4 nitrogen and oxygen atoms in total. The Kier molecular flexibility index (Phi) is 6.36. The summed E-state index contributed by atoms with van der Waals surface area (Å²) in [4.78, 5) is 2.26. The van der Waals surface area contributed by atoms with Crippen molar-refractivity contribution in [1.82, 2.24) is 4.90 Å². The van der Waals surface area contributed by atoms with E-state index in [0.29, 0.717) is 12.6 Å². The Morgan fingerprint density at radius 2 is 1.73 bits per heavy atom. The molecule has 0 aliphatic rings. The van der Waals surface area contributed by atoms with Gasteiger partial charge in [-0.25, -0.2) is 0 Å². The van der Waals surface area contributed by atoms with Crippen LogP contribution in [0.3, 0.4) is 0 Å². The van der Waals surface area contributed by atoms with Crippen LogP contribution in [0, 0.1) is 0 Å². The predicted octanol–water partition coefficient (Wildman–Crippen LogP) is 1.05. The van der Waals surface area contributed by atoms with E-state index in [1.807, 2.05) is 0 Å². The van der Waals surface area contributed by atoms with Gasteiger partial charge in [-0.1, -0.05) is 0 Å². The zero-order valence-electron chi connectivity index (χ0n) is 10.9. The highest BCUT2D eigenvalue weighted by molar-refractivity contribution is 4.88. The molecule has 0 rings (SSSR count). The van der Waals surface area contributed by atoms with Crippen molar-refractivity contribution in [3.05, 3.63) is 0 Å². The summed E-state index contributed by atoms with van der Waals surface area (Å²) in [5, 5.41) is 0. The summed E-state index contributed by atoms with van der Waals surface area (Å²) in [6.45, 7) is 7.04. The maximum absolute atomic E-state index is 5.85. The molecule has 2 N–H and O–H groups in total. The third-order valence-corrected chi connectivity index (χ3v) is 3.20. The van der Waals surface area contributed by atoms with Gasteiger partial charge in [-0.2, -0.15) is 0 Å². The first-order valence-electron chi connectivity index (χ1n) is 5.40. The zero-order valence-corrected chi connectivity index (χ0v) is 10.9. The van der Waals surface area contributed by atoms with Gasteiger partial charge in [0.05, 0.1) is 0 Å². The molecule has 0 aromatic heterocycles. The van der Waals surface area contributed by atoms with Crippen molar-refractivity contribution < 1.29 is 9.47 Å². The molecule has 15 heavy (non-hydrogen) atoms. The van der Waals surface area contributed by atoms with Crippen LogP contribution in [-0.4, -0.2) is 50.6 Å². The minimum atomic E-state index is -0.195. The van der Waals surface area contributed by atoms with Gasteiger partial charge in [0.15, 0.2) is 6.29 Å². The summed E-state index contributed by atoms with van der Waals surface area (Å²) < 4.78 is 10.4. The number of rotatable bonds is 7. The van der Waals surface area contributed by atoms with Crippen molar-refractivity contribution >= 4 is 0 Å². The Morgan fingerprint density at radius 3 is 2.00 bits per heavy atom. The van der Waals surface area contributed by atoms with Gasteiger partial charge in [-0.15, -0.1) is 0 Å². The number of likely N-dealkylation sites (N-methyl/N-ethyl adjacent to an activating group) is 1. The van der Waals surface area contributed by atoms with Crippen LogP contribution in [0.4, 0.5) is 0 Å². The molecule has 1 atom stereocenters. The SMILES string of the molecule is COC(CC(C)(CN)N(C)C(C)C)OC. The van der Waals surface area contributed by atoms with E-state index in [1.165, 1.54) is 0 Å². The highest BCUT2D eigenvalue weighted by Crippen LogP contribution is 2.22. The summed E-state index contributed by atoms with van der Waals surface area (Å²) in [6.07, 6.45) is 0.574. The molecule has 0 aliphatic heterocycles. The fourth-order valence-electron chi connectivity index (χ4n) is 1.62. The van der Waals surface area contributed by atoms with Crippen molar-refractivity contribution in [3.63, 3.8) is 0 Å². The van der Waals surface area contributed by atoms with Crippen LogP contribution in [0.25, 0.3) is 0 Å². The van der Waals surface area contributed by atoms with Gasteiger partial charge in [-0.3, -0.25) is 4.90 Å². The van der Waals surface area contributed by atoms with E-state index >= 15 is 0 Å². The van der Waals surface area contributed by atoms with Crippen LogP contribution < -0.4 is 5.73 Å². The third kappa shape index (κ3) is 4.07. The number of nitrogens with two attached hydrogens (primary N) is 1. The molecule has 1 unspecified atom stereocenters. The lowest BCUT2D eigenvalue weighted by atomic mass is 9.94.